The molecule has 0 spiro atoms. The Hall–Kier alpha value is -6.44. The smallest absolute Gasteiger partial charge is 0.0713 e. The van der Waals surface area contributed by atoms with E-state index in [4.69, 9.17) is 0 Å². The average Bonchev–Trinajstić information content (AvgIpc) is 3.65. The van der Waals surface area contributed by atoms with E-state index in [1.165, 1.54) is 66.8 Å². The lowest BCUT2D eigenvalue weighted by atomic mass is 9.66. The Morgan fingerprint density at radius 1 is 0.321 bits per heavy atom. The van der Waals surface area contributed by atoms with Gasteiger partial charge in [-0.2, -0.15) is 0 Å². The van der Waals surface area contributed by atoms with Crippen LogP contribution in [-0.4, -0.2) is 0 Å². The molecule has 0 bridgehead atoms. The molecule has 1 heteroatoms. The molecular weight excluding hydrogens is 639 g/mol. The van der Waals surface area contributed by atoms with Gasteiger partial charge in [-0.1, -0.05) is 178 Å². The minimum atomic E-state index is -0.421. The molecule has 0 heterocycles. The predicted molar refractivity (Wildman–Crippen MR) is 221 cm³/mol. The monoisotopic (exact) mass is 677 g/mol. The Morgan fingerprint density at radius 3 is 1.42 bits per heavy atom. The van der Waals surface area contributed by atoms with E-state index >= 15 is 0 Å². The topological polar surface area (TPSA) is 3.24 Å². The average molecular weight is 678 g/mol. The fraction of sp³-hybridized carbons (Fsp3) is 0.0769. The van der Waals surface area contributed by atoms with Gasteiger partial charge in [-0.15, -0.1) is 0 Å². The van der Waals surface area contributed by atoms with Crippen LogP contribution in [-0.2, 0) is 10.8 Å². The zero-order valence-corrected chi connectivity index (χ0v) is 30.0. The van der Waals surface area contributed by atoms with Gasteiger partial charge in [0, 0.05) is 22.5 Å². The molecule has 10 rings (SSSR count). The number of para-hydroxylation sites is 1. The lowest BCUT2D eigenvalue weighted by Crippen LogP contribution is -2.29. The molecule has 0 fully saturated rings. The molecule has 8 aromatic rings. The summed E-state index contributed by atoms with van der Waals surface area (Å²) >= 11 is 0. The van der Waals surface area contributed by atoms with Gasteiger partial charge in [0.2, 0.25) is 0 Å². The Labute approximate surface area is 312 Å². The first-order valence-electron chi connectivity index (χ1n) is 18.6. The first-order valence-corrected chi connectivity index (χ1v) is 18.6. The summed E-state index contributed by atoms with van der Waals surface area (Å²) in [7, 11) is 0. The van der Waals surface area contributed by atoms with Crippen molar-refractivity contribution in [1.82, 2.24) is 0 Å². The van der Waals surface area contributed by atoms with E-state index in [1.807, 2.05) is 0 Å². The summed E-state index contributed by atoms with van der Waals surface area (Å²) < 4.78 is 0. The summed E-state index contributed by atoms with van der Waals surface area (Å²) in [4.78, 5) is 2.39. The van der Waals surface area contributed by atoms with Crippen LogP contribution >= 0.6 is 0 Å². The van der Waals surface area contributed by atoms with E-state index in [9.17, 15) is 0 Å². The maximum absolute atomic E-state index is 2.53. The van der Waals surface area contributed by atoms with E-state index < -0.39 is 5.41 Å². The minimum absolute atomic E-state index is 0.217. The van der Waals surface area contributed by atoms with Crippen LogP contribution in [0.3, 0.4) is 0 Å². The van der Waals surface area contributed by atoms with Crippen LogP contribution in [0.5, 0.6) is 0 Å². The predicted octanol–water partition coefficient (Wildman–Crippen LogP) is 13.5. The maximum Gasteiger partial charge on any atom is 0.0713 e. The molecule has 2 aliphatic rings. The third-order valence-electron chi connectivity index (χ3n) is 11.8. The van der Waals surface area contributed by atoms with Crippen LogP contribution in [0.1, 0.15) is 47.2 Å². The molecule has 0 aromatic heterocycles. The number of hydrogen-bond donors (Lipinski definition) is 0. The van der Waals surface area contributed by atoms with Crippen molar-refractivity contribution in [2.75, 3.05) is 4.90 Å². The Kier molecular flexibility index (Phi) is 7.13. The summed E-state index contributed by atoms with van der Waals surface area (Å²) in [6, 6.07) is 73.8. The van der Waals surface area contributed by atoms with E-state index in [0.29, 0.717) is 0 Å². The van der Waals surface area contributed by atoms with Crippen LogP contribution in [0, 0.1) is 0 Å². The molecule has 2 aliphatic carbocycles. The van der Waals surface area contributed by atoms with Gasteiger partial charge in [0.05, 0.1) is 5.41 Å². The molecular formula is C52H39N. The summed E-state index contributed by atoms with van der Waals surface area (Å²) in [5.41, 5.74) is 18.5. The van der Waals surface area contributed by atoms with Crippen molar-refractivity contribution in [3.05, 3.63) is 234 Å². The third-order valence-corrected chi connectivity index (χ3v) is 11.8. The number of rotatable bonds is 6. The SMILES string of the molecule is CC1(C)c2cc(N(c3ccccc3)c3ccc(-c4ccccc4)cc3)ccc2-c2ccc(C3(c4ccccc4)c4ccccc4-c4ccccc43)cc21. The fourth-order valence-electron chi connectivity index (χ4n) is 9.27. The van der Waals surface area contributed by atoms with E-state index in [1.54, 1.807) is 0 Å². The van der Waals surface area contributed by atoms with Crippen LogP contribution in [0.4, 0.5) is 17.1 Å². The van der Waals surface area contributed by atoms with Gasteiger partial charge < -0.3 is 4.90 Å². The quantitative estimate of drug-likeness (QED) is 0.169. The second-order valence-electron chi connectivity index (χ2n) is 14.9. The summed E-state index contributed by atoms with van der Waals surface area (Å²) in [5, 5.41) is 0. The summed E-state index contributed by atoms with van der Waals surface area (Å²) in [6.45, 7) is 4.80. The standard InChI is InChI=1S/C52H39N/c1-51(2)49-34-39(52(38-18-8-4-9-19-38)47-24-14-12-22-43(47)44-23-13-15-25-48(44)52)28-32-45(49)46-33-31-42(35-50(46)51)53(40-20-10-5-11-21-40)41-29-26-37(27-30-41)36-16-6-3-7-17-36/h3-35H,1-2H3. The van der Waals surface area contributed by atoms with Crippen molar-refractivity contribution in [3.63, 3.8) is 0 Å². The molecule has 53 heavy (non-hydrogen) atoms. The highest BCUT2D eigenvalue weighted by molar-refractivity contribution is 5.89. The van der Waals surface area contributed by atoms with E-state index in [-0.39, 0.29) is 5.41 Å². The van der Waals surface area contributed by atoms with Crippen molar-refractivity contribution in [2.24, 2.45) is 0 Å². The molecule has 0 N–H and O–H groups in total. The Morgan fingerprint density at radius 2 is 0.774 bits per heavy atom. The molecule has 252 valence electrons. The van der Waals surface area contributed by atoms with Crippen LogP contribution in [0.15, 0.2) is 200 Å². The zero-order valence-electron chi connectivity index (χ0n) is 30.0. The molecule has 0 unspecified atom stereocenters. The van der Waals surface area contributed by atoms with Gasteiger partial charge in [-0.3, -0.25) is 0 Å². The highest BCUT2D eigenvalue weighted by Crippen LogP contribution is 2.58. The number of fused-ring (bicyclic) bond motifs is 6. The summed E-state index contributed by atoms with van der Waals surface area (Å²) in [6.07, 6.45) is 0. The minimum Gasteiger partial charge on any atom is -0.310 e. The summed E-state index contributed by atoms with van der Waals surface area (Å²) in [5.74, 6) is 0. The number of nitrogens with zero attached hydrogens (tertiary/aromatic N) is 1. The fourth-order valence-corrected chi connectivity index (χ4v) is 9.27. The second-order valence-corrected chi connectivity index (χ2v) is 14.9. The van der Waals surface area contributed by atoms with Crippen LogP contribution in [0.2, 0.25) is 0 Å². The van der Waals surface area contributed by atoms with Crippen molar-refractivity contribution >= 4 is 17.1 Å². The van der Waals surface area contributed by atoms with Gasteiger partial charge in [0.1, 0.15) is 0 Å². The lowest BCUT2D eigenvalue weighted by molar-refractivity contribution is 0.655. The number of anilines is 3. The molecule has 8 aromatic carbocycles. The van der Waals surface area contributed by atoms with E-state index in [0.717, 1.165) is 17.1 Å². The highest BCUT2D eigenvalue weighted by atomic mass is 15.1. The van der Waals surface area contributed by atoms with Crippen molar-refractivity contribution < 1.29 is 0 Å². The molecule has 0 amide bonds. The van der Waals surface area contributed by atoms with Crippen molar-refractivity contribution in [1.29, 1.82) is 0 Å². The molecule has 0 saturated heterocycles. The van der Waals surface area contributed by atoms with Gasteiger partial charge >= 0.3 is 0 Å². The number of benzene rings is 8. The van der Waals surface area contributed by atoms with Crippen LogP contribution in [0.25, 0.3) is 33.4 Å². The van der Waals surface area contributed by atoms with Gasteiger partial charge in [-0.05, 0) is 103 Å². The van der Waals surface area contributed by atoms with Crippen LogP contribution < -0.4 is 4.90 Å². The van der Waals surface area contributed by atoms with E-state index in [2.05, 4.69) is 219 Å². The number of hydrogen-bond acceptors (Lipinski definition) is 1. The molecule has 0 saturated carbocycles. The Bertz CT molecular complexity index is 2570. The first kappa shape index (κ1) is 31.3. The molecule has 0 radical (unpaired) electrons. The Balaban J connectivity index is 1.11. The van der Waals surface area contributed by atoms with Crippen molar-refractivity contribution in [3.8, 4) is 33.4 Å². The largest absolute Gasteiger partial charge is 0.310 e. The first-order chi connectivity index (χ1) is 26.0. The highest BCUT2D eigenvalue weighted by Gasteiger charge is 2.47. The normalized spacial score (nSPS) is 14.2. The second kappa shape index (κ2) is 12.1. The van der Waals surface area contributed by atoms with Gasteiger partial charge in [-0.25, -0.2) is 0 Å². The molecule has 0 aliphatic heterocycles. The van der Waals surface area contributed by atoms with Crippen molar-refractivity contribution in [2.45, 2.75) is 24.7 Å². The van der Waals surface area contributed by atoms with Gasteiger partial charge in [0.25, 0.3) is 0 Å². The molecule has 0 atom stereocenters. The molecule has 1 nitrogen and oxygen atoms in total. The van der Waals surface area contributed by atoms with Gasteiger partial charge in [0.15, 0.2) is 0 Å². The third kappa shape index (κ3) is 4.70. The zero-order chi connectivity index (χ0) is 35.6. The lowest BCUT2D eigenvalue weighted by Gasteiger charge is -2.35. The maximum atomic E-state index is 2.53.